The van der Waals surface area contributed by atoms with E-state index in [2.05, 4.69) is 10.6 Å². The number of hydrogen-bond acceptors (Lipinski definition) is 2. The highest BCUT2D eigenvalue weighted by Crippen LogP contribution is 2.22. The van der Waals surface area contributed by atoms with Crippen molar-refractivity contribution >= 4 is 35.0 Å². The third kappa shape index (κ3) is 4.28. The molecule has 6 heteroatoms. The molecule has 124 valence electrons. The van der Waals surface area contributed by atoms with Crippen molar-refractivity contribution in [2.45, 2.75) is 25.4 Å². The molecule has 1 fully saturated rings. The molecule has 0 bridgehead atoms. The summed E-state index contributed by atoms with van der Waals surface area (Å²) >= 11 is 11.8. The second-order valence-electron chi connectivity index (χ2n) is 5.76. The van der Waals surface area contributed by atoms with Crippen LogP contribution < -0.4 is 10.6 Å². The van der Waals surface area contributed by atoms with Crippen LogP contribution >= 0.6 is 23.2 Å². The molecule has 0 spiro atoms. The summed E-state index contributed by atoms with van der Waals surface area (Å²) in [6.45, 7) is 0.365. The van der Waals surface area contributed by atoms with Gasteiger partial charge in [0.05, 0.1) is 10.0 Å². The third-order valence-corrected chi connectivity index (χ3v) is 4.50. The number of halogens is 2. The first-order valence-electron chi connectivity index (χ1n) is 7.66. The Morgan fingerprint density at radius 1 is 0.917 bits per heavy atom. The molecule has 2 amide bonds. The largest absolute Gasteiger partial charge is 0.349 e. The number of carbonyl (C=O) groups is 2. The standard InChI is InChI=1S/C18H16Cl2N2O2/c19-15-8-5-13(9-16(15)20)17(23)21-10-11-1-3-12(4-2-11)18(24)22-14-6-7-14/h1-5,8-9,14H,6-7,10H2,(H,21,23)(H,22,24). The fraction of sp³-hybridized carbons (Fsp3) is 0.222. The minimum atomic E-state index is -0.232. The first-order valence-corrected chi connectivity index (χ1v) is 8.41. The van der Waals surface area contributed by atoms with E-state index in [1.54, 1.807) is 24.3 Å². The van der Waals surface area contributed by atoms with Crippen LogP contribution in [0, 0.1) is 0 Å². The Morgan fingerprint density at radius 3 is 2.21 bits per heavy atom. The molecular weight excluding hydrogens is 347 g/mol. The van der Waals surface area contributed by atoms with Gasteiger partial charge < -0.3 is 10.6 Å². The van der Waals surface area contributed by atoms with E-state index in [1.807, 2.05) is 12.1 Å². The number of rotatable bonds is 5. The monoisotopic (exact) mass is 362 g/mol. The molecule has 0 aliphatic heterocycles. The number of benzene rings is 2. The van der Waals surface area contributed by atoms with Crippen molar-refractivity contribution < 1.29 is 9.59 Å². The molecule has 0 atom stereocenters. The minimum absolute atomic E-state index is 0.0520. The Balaban J connectivity index is 1.56. The molecule has 4 nitrogen and oxygen atoms in total. The van der Waals surface area contributed by atoms with E-state index >= 15 is 0 Å². The molecule has 0 saturated heterocycles. The van der Waals surface area contributed by atoms with Crippen molar-refractivity contribution in [2.24, 2.45) is 0 Å². The van der Waals surface area contributed by atoms with Crippen LogP contribution in [0.3, 0.4) is 0 Å². The quantitative estimate of drug-likeness (QED) is 0.849. The zero-order valence-corrected chi connectivity index (χ0v) is 14.3. The highest BCUT2D eigenvalue weighted by atomic mass is 35.5. The third-order valence-electron chi connectivity index (χ3n) is 3.76. The van der Waals surface area contributed by atoms with Crippen molar-refractivity contribution in [3.8, 4) is 0 Å². The number of amides is 2. The summed E-state index contributed by atoms with van der Waals surface area (Å²) in [7, 11) is 0. The minimum Gasteiger partial charge on any atom is -0.349 e. The molecule has 1 aliphatic carbocycles. The van der Waals surface area contributed by atoms with E-state index in [9.17, 15) is 9.59 Å². The SMILES string of the molecule is O=C(NCc1ccc(C(=O)NC2CC2)cc1)c1ccc(Cl)c(Cl)c1. The summed E-state index contributed by atoms with van der Waals surface area (Å²) in [4.78, 5) is 24.0. The smallest absolute Gasteiger partial charge is 0.251 e. The normalized spacial score (nSPS) is 13.4. The van der Waals surface area contributed by atoms with Crippen LogP contribution in [0.2, 0.25) is 10.0 Å². The first kappa shape index (κ1) is 16.8. The van der Waals surface area contributed by atoms with Gasteiger partial charge in [-0.1, -0.05) is 35.3 Å². The highest BCUT2D eigenvalue weighted by Gasteiger charge is 2.23. The molecule has 24 heavy (non-hydrogen) atoms. The predicted octanol–water partition coefficient (Wildman–Crippen LogP) is 3.82. The number of nitrogens with one attached hydrogen (secondary N) is 2. The molecule has 0 heterocycles. The molecule has 1 aliphatic rings. The van der Waals surface area contributed by atoms with Gasteiger partial charge in [-0.3, -0.25) is 9.59 Å². The average Bonchev–Trinajstić information content (AvgIpc) is 3.39. The van der Waals surface area contributed by atoms with Crippen molar-refractivity contribution in [3.05, 3.63) is 69.2 Å². The van der Waals surface area contributed by atoms with Crippen LogP contribution in [-0.2, 0) is 6.54 Å². The van der Waals surface area contributed by atoms with E-state index in [-0.39, 0.29) is 11.8 Å². The Kier molecular flexibility index (Phi) is 5.07. The lowest BCUT2D eigenvalue weighted by atomic mass is 10.1. The van der Waals surface area contributed by atoms with E-state index in [1.165, 1.54) is 6.07 Å². The molecule has 2 aromatic rings. The van der Waals surface area contributed by atoms with E-state index < -0.39 is 0 Å². The van der Waals surface area contributed by atoms with Gasteiger partial charge >= 0.3 is 0 Å². The van der Waals surface area contributed by atoms with Gasteiger partial charge in [0, 0.05) is 23.7 Å². The highest BCUT2D eigenvalue weighted by molar-refractivity contribution is 6.42. The van der Waals surface area contributed by atoms with Crippen LogP contribution in [0.25, 0.3) is 0 Å². The van der Waals surface area contributed by atoms with Crippen molar-refractivity contribution in [3.63, 3.8) is 0 Å². The summed E-state index contributed by atoms with van der Waals surface area (Å²) in [5.41, 5.74) is 1.98. The van der Waals surface area contributed by atoms with Gasteiger partial charge in [0.1, 0.15) is 0 Å². The maximum absolute atomic E-state index is 12.1. The summed E-state index contributed by atoms with van der Waals surface area (Å²) in [5, 5.41) is 6.50. The number of carbonyl (C=O) groups excluding carboxylic acids is 2. The Hall–Kier alpha value is -2.04. The van der Waals surface area contributed by atoms with Gasteiger partial charge in [0.2, 0.25) is 0 Å². The Morgan fingerprint density at radius 2 is 1.58 bits per heavy atom. The average molecular weight is 363 g/mol. The van der Waals surface area contributed by atoms with Crippen LogP contribution in [-0.4, -0.2) is 17.9 Å². The molecule has 2 N–H and O–H groups in total. The van der Waals surface area contributed by atoms with Crippen molar-refractivity contribution in [1.82, 2.24) is 10.6 Å². The predicted molar refractivity (Wildman–Crippen MR) is 94.6 cm³/mol. The molecule has 0 unspecified atom stereocenters. The van der Waals surface area contributed by atoms with Gasteiger partial charge in [-0.15, -0.1) is 0 Å². The van der Waals surface area contributed by atoms with Crippen LogP contribution in [0.15, 0.2) is 42.5 Å². The molecule has 1 saturated carbocycles. The van der Waals surface area contributed by atoms with Crippen molar-refractivity contribution in [2.75, 3.05) is 0 Å². The molecule has 3 rings (SSSR count). The van der Waals surface area contributed by atoms with Crippen molar-refractivity contribution in [1.29, 1.82) is 0 Å². The topological polar surface area (TPSA) is 58.2 Å². The second-order valence-corrected chi connectivity index (χ2v) is 6.57. The lowest BCUT2D eigenvalue weighted by Gasteiger charge is -2.08. The summed E-state index contributed by atoms with van der Waals surface area (Å²) in [6, 6.07) is 12.3. The van der Waals surface area contributed by atoms with Gasteiger partial charge in [-0.25, -0.2) is 0 Å². The fourth-order valence-corrected chi connectivity index (χ4v) is 2.49. The van der Waals surface area contributed by atoms with Crippen LogP contribution in [0.4, 0.5) is 0 Å². The van der Waals surface area contributed by atoms with Gasteiger partial charge in [0.25, 0.3) is 11.8 Å². The first-order chi connectivity index (χ1) is 11.5. The Labute approximate surface area is 150 Å². The second kappa shape index (κ2) is 7.24. The zero-order valence-electron chi connectivity index (χ0n) is 12.8. The summed E-state index contributed by atoms with van der Waals surface area (Å²) in [5.74, 6) is -0.284. The summed E-state index contributed by atoms with van der Waals surface area (Å²) < 4.78 is 0. The Bertz CT molecular complexity index is 771. The molecule has 2 aromatic carbocycles. The number of hydrogen-bond donors (Lipinski definition) is 2. The van der Waals surface area contributed by atoms with E-state index in [0.717, 1.165) is 18.4 Å². The lowest BCUT2D eigenvalue weighted by molar-refractivity contribution is 0.0941. The molecule has 0 aromatic heterocycles. The van der Waals surface area contributed by atoms with E-state index in [0.29, 0.717) is 33.8 Å². The van der Waals surface area contributed by atoms with Gasteiger partial charge in [-0.2, -0.15) is 0 Å². The maximum Gasteiger partial charge on any atom is 0.251 e. The summed E-state index contributed by atoms with van der Waals surface area (Å²) in [6.07, 6.45) is 2.12. The fourth-order valence-electron chi connectivity index (χ4n) is 2.19. The van der Waals surface area contributed by atoms with Crippen LogP contribution in [0.5, 0.6) is 0 Å². The lowest BCUT2D eigenvalue weighted by Crippen LogP contribution is -2.25. The van der Waals surface area contributed by atoms with Gasteiger partial charge in [-0.05, 0) is 48.7 Å². The van der Waals surface area contributed by atoms with Gasteiger partial charge in [0.15, 0.2) is 0 Å². The molecular formula is C18H16Cl2N2O2. The van der Waals surface area contributed by atoms with E-state index in [4.69, 9.17) is 23.2 Å². The zero-order chi connectivity index (χ0) is 17.1. The maximum atomic E-state index is 12.1. The molecule has 0 radical (unpaired) electrons. The van der Waals surface area contributed by atoms with Crippen LogP contribution in [0.1, 0.15) is 39.1 Å².